The van der Waals surface area contributed by atoms with E-state index in [0.717, 1.165) is 17.7 Å². The van der Waals surface area contributed by atoms with Gasteiger partial charge in [0.05, 0.1) is 6.54 Å². The first-order valence-corrected chi connectivity index (χ1v) is 8.11. The summed E-state index contributed by atoms with van der Waals surface area (Å²) < 4.78 is 5.75. The van der Waals surface area contributed by atoms with Crippen LogP contribution in [0.2, 0.25) is 5.02 Å². The number of carbonyl (C=O) groups is 1. The highest BCUT2D eigenvalue weighted by Gasteiger charge is 2.43. The third-order valence-corrected chi connectivity index (χ3v) is 4.21. The minimum Gasteiger partial charge on any atom is -0.489 e. The van der Waals surface area contributed by atoms with Crippen molar-refractivity contribution in [3.05, 3.63) is 59.4 Å². The van der Waals surface area contributed by atoms with Crippen LogP contribution in [0, 0.1) is 5.92 Å². The summed E-state index contributed by atoms with van der Waals surface area (Å²) in [6, 6.07) is 11.1. The van der Waals surface area contributed by atoms with E-state index >= 15 is 0 Å². The van der Waals surface area contributed by atoms with Crippen LogP contribution in [-0.4, -0.2) is 23.5 Å². The van der Waals surface area contributed by atoms with Gasteiger partial charge in [-0.25, -0.2) is 0 Å². The normalized spacial score (nSPS) is 20.6. The fourth-order valence-electron chi connectivity index (χ4n) is 2.61. The van der Waals surface area contributed by atoms with Gasteiger partial charge in [-0.05, 0) is 55.2 Å². The van der Waals surface area contributed by atoms with Gasteiger partial charge < -0.3 is 10.1 Å². The molecule has 0 radical (unpaired) electrons. The Labute approximate surface area is 140 Å². The minimum absolute atomic E-state index is 0.0573. The van der Waals surface area contributed by atoms with E-state index in [1.807, 2.05) is 37.4 Å². The van der Waals surface area contributed by atoms with Gasteiger partial charge in [0.15, 0.2) is 0 Å². The van der Waals surface area contributed by atoms with Crippen molar-refractivity contribution in [1.29, 1.82) is 0 Å². The predicted octanol–water partition coefficient (Wildman–Crippen LogP) is 3.42. The van der Waals surface area contributed by atoms with E-state index in [1.54, 1.807) is 18.3 Å². The Kier molecular flexibility index (Phi) is 4.82. The van der Waals surface area contributed by atoms with Crippen molar-refractivity contribution in [3.63, 3.8) is 0 Å². The van der Waals surface area contributed by atoms with E-state index in [0.29, 0.717) is 17.5 Å². The average molecular weight is 331 g/mol. The van der Waals surface area contributed by atoms with Crippen molar-refractivity contribution >= 4 is 17.5 Å². The topological polar surface area (TPSA) is 51.2 Å². The number of pyridine rings is 1. The molecule has 1 aliphatic rings. The molecule has 4 nitrogen and oxygen atoms in total. The fourth-order valence-corrected chi connectivity index (χ4v) is 2.74. The molecule has 1 saturated carbocycles. The van der Waals surface area contributed by atoms with Crippen LogP contribution in [0.3, 0.4) is 0 Å². The van der Waals surface area contributed by atoms with Crippen LogP contribution < -0.4 is 10.1 Å². The van der Waals surface area contributed by atoms with Crippen LogP contribution in [0.25, 0.3) is 0 Å². The van der Waals surface area contributed by atoms with Gasteiger partial charge in [0.2, 0.25) is 5.91 Å². The number of nitrogens with zero attached hydrogens (tertiary/aromatic N) is 1. The summed E-state index contributed by atoms with van der Waals surface area (Å²) in [7, 11) is 0. The van der Waals surface area contributed by atoms with E-state index in [4.69, 9.17) is 16.3 Å². The second kappa shape index (κ2) is 7.01. The summed E-state index contributed by atoms with van der Waals surface area (Å²) in [6.07, 6.45) is 4.38. The lowest BCUT2D eigenvalue weighted by Gasteiger charge is -2.15. The Morgan fingerprint density at radius 1 is 1.39 bits per heavy atom. The van der Waals surface area contributed by atoms with Gasteiger partial charge in [-0.3, -0.25) is 9.78 Å². The van der Waals surface area contributed by atoms with Gasteiger partial charge in [0, 0.05) is 23.3 Å². The zero-order valence-corrected chi connectivity index (χ0v) is 13.7. The Balaban J connectivity index is 1.43. The van der Waals surface area contributed by atoms with Gasteiger partial charge in [-0.2, -0.15) is 0 Å². The number of halogens is 1. The Morgan fingerprint density at radius 3 is 2.87 bits per heavy atom. The summed E-state index contributed by atoms with van der Waals surface area (Å²) in [6.45, 7) is 2.41. The summed E-state index contributed by atoms with van der Waals surface area (Å²) in [4.78, 5) is 16.3. The molecular formula is C18H19ClN2O2. The second-order valence-electron chi connectivity index (χ2n) is 5.86. The first kappa shape index (κ1) is 15.8. The van der Waals surface area contributed by atoms with Crippen molar-refractivity contribution in [1.82, 2.24) is 10.3 Å². The molecule has 3 rings (SSSR count). The molecular weight excluding hydrogens is 312 g/mol. The lowest BCUT2D eigenvalue weighted by atomic mass is 10.1. The molecule has 1 amide bonds. The minimum atomic E-state index is -0.101. The average Bonchev–Trinajstić information content (AvgIpc) is 3.36. The summed E-state index contributed by atoms with van der Waals surface area (Å²) >= 11 is 5.84. The lowest BCUT2D eigenvalue weighted by Crippen LogP contribution is -2.34. The molecule has 3 atom stereocenters. The van der Waals surface area contributed by atoms with E-state index in [2.05, 4.69) is 10.3 Å². The van der Waals surface area contributed by atoms with E-state index in [-0.39, 0.29) is 17.9 Å². The molecule has 0 aliphatic heterocycles. The van der Waals surface area contributed by atoms with Gasteiger partial charge in [0.1, 0.15) is 11.9 Å². The lowest BCUT2D eigenvalue weighted by molar-refractivity contribution is -0.122. The molecule has 1 aliphatic carbocycles. The van der Waals surface area contributed by atoms with Crippen LogP contribution in [-0.2, 0) is 4.79 Å². The molecule has 0 unspecified atom stereocenters. The number of rotatable bonds is 6. The molecule has 0 bridgehead atoms. The molecule has 120 valence electrons. The van der Waals surface area contributed by atoms with Crippen molar-refractivity contribution in [3.8, 4) is 5.75 Å². The standard InChI is InChI=1S/C18H19ClN2O2/c1-12(23-15-6-4-14(19)5-7-15)10-21-18(22)17-9-16(17)13-3-2-8-20-11-13/h2-8,11-12,16-17H,9-10H2,1H3,(H,21,22)/t12-,16-,17+/m1/s1. The van der Waals surface area contributed by atoms with Crippen molar-refractivity contribution in [2.45, 2.75) is 25.4 Å². The number of carbonyl (C=O) groups excluding carboxylic acids is 1. The number of nitrogens with one attached hydrogen (secondary N) is 1. The quantitative estimate of drug-likeness (QED) is 0.883. The summed E-state index contributed by atoms with van der Waals surface area (Å²) in [5.41, 5.74) is 1.14. The molecule has 2 aromatic rings. The number of ether oxygens (including phenoxy) is 1. The van der Waals surface area contributed by atoms with Crippen LogP contribution in [0.1, 0.15) is 24.8 Å². The van der Waals surface area contributed by atoms with Gasteiger partial charge >= 0.3 is 0 Å². The number of hydrogen-bond acceptors (Lipinski definition) is 3. The Hall–Kier alpha value is -2.07. The molecule has 1 heterocycles. The summed E-state index contributed by atoms with van der Waals surface area (Å²) in [5, 5.41) is 3.64. The highest BCUT2D eigenvalue weighted by atomic mass is 35.5. The van der Waals surface area contributed by atoms with Crippen molar-refractivity contribution < 1.29 is 9.53 Å². The van der Waals surface area contributed by atoms with Crippen molar-refractivity contribution in [2.75, 3.05) is 6.54 Å². The smallest absolute Gasteiger partial charge is 0.223 e. The highest BCUT2D eigenvalue weighted by molar-refractivity contribution is 6.30. The first-order valence-electron chi connectivity index (χ1n) is 7.73. The Morgan fingerprint density at radius 2 is 2.17 bits per heavy atom. The van der Waals surface area contributed by atoms with Gasteiger partial charge in [-0.1, -0.05) is 17.7 Å². The van der Waals surface area contributed by atoms with Crippen LogP contribution >= 0.6 is 11.6 Å². The zero-order valence-electron chi connectivity index (χ0n) is 12.9. The number of benzene rings is 1. The third kappa shape index (κ3) is 4.23. The monoisotopic (exact) mass is 330 g/mol. The van der Waals surface area contributed by atoms with Crippen molar-refractivity contribution in [2.24, 2.45) is 5.92 Å². The predicted molar refractivity (Wildman–Crippen MR) is 89.6 cm³/mol. The maximum absolute atomic E-state index is 12.2. The zero-order chi connectivity index (χ0) is 16.2. The first-order chi connectivity index (χ1) is 11.1. The number of amides is 1. The molecule has 1 aromatic heterocycles. The van der Waals surface area contributed by atoms with Gasteiger partial charge in [-0.15, -0.1) is 0 Å². The molecule has 23 heavy (non-hydrogen) atoms. The SMILES string of the molecule is C[C@H](CNC(=O)[C@H]1C[C@@H]1c1cccnc1)Oc1ccc(Cl)cc1. The molecule has 0 spiro atoms. The van der Waals surface area contributed by atoms with E-state index < -0.39 is 0 Å². The highest BCUT2D eigenvalue weighted by Crippen LogP contribution is 2.47. The fraction of sp³-hybridized carbons (Fsp3) is 0.333. The molecule has 5 heteroatoms. The molecule has 1 aromatic carbocycles. The number of aromatic nitrogens is 1. The molecule has 0 saturated heterocycles. The van der Waals surface area contributed by atoms with Crippen LogP contribution in [0.5, 0.6) is 5.75 Å². The maximum atomic E-state index is 12.2. The molecule has 1 fully saturated rings. The third-order valence-electron chi connectivity index (χ3n) is 3.95. The second-order valence-corrected chi connectivity index (χ2v) is 6.30. The Bertz CT molecular complexity index is 660. The van der Waals surface area contributed by atoms with Crippen LogP contribution in [0.15, 0.2) is 48.8 Å². The molecule has 1 N–H and O–H groups in total. The number of hydrogen-bond donors (Lipinski definition) is 1. The van der Waals surface area contributed by atoms with E-state index in [1.165, 1.54) is 0 Å². The van der Waals surface area contributed by atoms with Gasteiger partial charge in [0.25, 0.3) is 0 Å². The van der Waals surface area contributed by atoms with E-state index in [9.17, 15) is 4.79 Å². The van der Waals surface area contributed by atoms with Crippen LogP contribution in [0.4, 0.5) is 0 Å². The summed E-state index contributed by atoms with van der Waals surface area (Å²) in [5.74, 6) is 1.19. The maximum Gasteiger partial charge on any atom is 0.223 e. The largest absolute Gasteiger partial charge is 0.489 e.